The van der Waals surface area contributed by atoms with Gasteiger partial charge in [-0.1, -0.05) is 12.1 Å². The molecule has 1 aromatic carbocycles. The topological polar surface area (TPSA) is 76.8 Å². The van der Waals surface area contributed by atoms with Crippen LogP contribution in [0, 0.1) is 6.92 Å². The Kier molecular flexibility index (Phi) is 6.18. The molecule has 0 bridgehead atoms. The molecular weight excluding hydrogens is 400 g/mol. The molecule has 0 radical (unpaired) electrons. The summed E-state index contributed by atoms with van der Waals surface area (Å²) in [7, 11) is 3.99. The summed E-state index contributed by atoms with van der Waals surface area (Å²) in [4.78, 5) is 8.27. The SMILES string of the molecule is Cc1nnc(CN=C(NCCc2cccs2)N(C)Cc2ccc3c(c2)OCO3)n1C. The molecule has 0 spiro atoms. The van der Waals surface area contributed by atoms with Gasteiger partial charge >= 0.3 is 0 Å². The summed E-state index contributed by atoms with van der Waals surface area (Å²) in [6, 6.07) is 10.3. The summed E-state index contributed by atoms with van der Waals surface area (Å²) >= 11 is 1.77. The van der Waals surface area contributed by atoms with Gasteiger partial charge in [0.05, 0.1) is 0 Å². The standard InChI is InChI=1S/C21H26N6O2S/c1-15-24-25-20(27(15)3)12-23-21(22-9-8-17-5-4-10-30-17)26(2)13-16-6-7-18-19(11-16)29-14-28-18/h4-7,10-11H,8-9,12-14H2,1-3H3,(H,22,23). The fraction of sp³-hybridized carbons (Fsp3) is 0.381. The van der Waals surface area contributed by atoms with Gasteiger partial charge in [-0.3, -0.25) is 0 Å². The number of benzene rings is 1. The van der Waals surface area contributed by atoms with Crippen molar-refractivity contribution in [2.24, 2.45) is 12.0 Å². The van der Waals surface area contributed by atoms with E-state index >= 15 is 0 Å². The molecule has 0 saturated carbocycles. The molecule has 0 atom stereocenters. The molecule has 0 fully saturated rings. The molecule has 3 heterocycles. The van der Waals surface area contributed by atoms with Crippen molar-refractivity contribution in [3.8, 4) is 11.5 Å². The molecule has 0 unspecified atom stereocenters. The Labute approximate surface area is 180 Å². The number of aromatic nitrogens is 3. The Balaban J connectivity index is 1.46. The molecule has 1 N–H and O–H groups in total. The number of aliphatic imine (C=N–C) groups is 1. The lowest BCUT2D eigenvalue weighted by Gasteiger charge is -2.23. The lowest BCUT2D eigenvalue weighted by Crippen LogP contribution is -2.39. The van der Waals surface area contributed by atoms with Crippen LogP contribution in [0.4, 0.5) is 0 Å². The van der Waals surface area contributed by atoms with E-state index in [1.807, 2.05) is 37.7 Å². The number of fused-ring (bicyclic) bond motifs is 1. The Bertz CT molecular complexity index is 1010. The summed E-state index contributed by atoms with van der Waals surface area (Å²) < 4.78 is 12.9. The largest absolute Gasteiger partial charge is 0.454 e. The molecule has 8 nitrogen and oxygen atoms in total. The van der Waals surface area contributed by atoms with Crippen LogP contribution in [-0.4, -0.2) is 46.0 Å². The number of rotatable bonds is 7. The third-order valence-electron chi connectivity index (χ3n) is 5.01. The maximum absolute atomic E-state index is 5.50. The van der Waals surface area contributed by atoms with E-state index in [1.54, 1.807) is 11.3 Å². The first kappa shape index (κ1) is 20.2. The molecule has 1 aliphatic rings. The van der Waals surface area contributed by atoms with E-state index in [2.05, 4.69) is 44.0 Å². The Morgan fingerprint density at radius 1 is 1.27 bits per heavy atom. The van der Waals surface area contributed by atoms with Crippen LogP contribution in [0.5, 0.6) is 11.5 Å². The highest BCUT2D eigenvalue weighted by Crippen LogP contribution is 2.32. The smallest absolute Gasteiger partial charge is 0.231 e. The lowest BCUT2D eigenvalue weighted by molar-refractivity contribution is 0.174. The maximum atomic E-state index is 5.50. The van der Waals surface area contributed by atoms with E-state index in [0.717, 1.165) is 47.6 Å². The van der Waals surface area contributed by atoms with Gasteiger partial charge in [-0.25, -0.2) is 4.99 Å². The minimum Gasteiger partial charge on any atom is -0.454 e. The molecule has 4 rings (SSSR count). The van der Waals surface area contributed by atoms with Crippen LogP contribution in [-0.2, 0) is 26.6 Å². The van der Waals surface area contributed by atoms with Gasteiger partial charge < -0.3 is 24.3 Å². The number of nitrogens with one attached hydrogen (secondary N) is 1. The van der Waals surface area contributed by atoms with E-state index in [4.69, 9.17) is 14.5 Å². The fourth-order valence-electron chi connectivity index (χ4n) is 3.19. The second-order valence-corrected chi connectivity index (χ2v) is 8.19. The second kappa shape index (κ2) is 9.17. The van der Waals surface area contributed by atoms with E-state index in [-0.39, 0.29) is 6.79 Å². The molecular formula is C21H26N6O2S. The molecule has 30 heavy (non-hydrogen) atoms. The molecule has 0 amide bonds. The third-order valence-corrected chi connectivity index (χ3v) is 5.94. The van der Waals surface area contributed by atoms with Crippen molar-refractivity contribution in [2.45, 2.75) is 26.4 Å². The first-order valence-corrected chi connectivity index (χ1v) is 10.7. The molecule has 9 heteroatoms. The minimum atomic E-state index is 0.280. The van der Waals surface area contributed by atoms with Gasteiger partial charge in [-0.05, 0) is 42.5 Å². The fourth-order valence-corrected chi connectivity index (χ4v) is 3.90. The predicted molar refractivity (Wildman–Crippen MR) is 117 cm³/mol. The maximum Gasteiger partial charge on any atom is 0.231 e. The zero-order chi connectivity index (χ0) is 20.9. The van der Waals surface area contributed by atoms with Crippen molar-refractivity contribution < 1.29 is 9.47 Å². The van der Waals surface area contributed by atoms with Crippen LogP contribution in [0.2, 0.25) is 0 Å². The lowest BCUT2D eigenvalue weighted by atomic mass is 10.2. The Hall–Kier alpha value is -3.07. The highest BCUT2D eigenvalue weighted by molar-refractivity contribution is 7.09. The highest BCUT2D eigenvalue weighted by atomic mass is 32.1. The molecule has 158 valence electrons. The molecule has 0 aliphatic carbocycles. The van der Waals surface area contributed by atoms with Crippen LogP contribution < -0.4 is 14.8 Å². The second-order valence-electron chi connectivity index (χ2n) is 7.16. The van der Waals surface area contributed by atoms with Crippen molar-refractivity contribution >= 4 is 17.3 Å². The summed E-state index contributed by atoms with van der Waals surface area (Å²) in [5.41, 5.74) is 1.13. The molecule has 3 aromatic rings. The number of nitrogens with zero attached hydrogens (tertiary/aromatic N) is 5. The van der Waals surface area contributed by atoms with Gasteiger partial charge in [0.2, 0.25) is 6.79 Å². The third kappa shape index (κ3) is 4.73. The monoisotopic (exact) mass is 426 g/mol. The first-order valence-electron chi connectivity index (χ1n) is 9.85. The van der Waals surface area contributed by atoms with E-state index in [0.29, 0.717) is 13.1 Å². The van der Waals surface area contributed by atoms with E-state index in [9.17, 15) is 0 Å². The number of ether oxygens (including phenoxy) is 2. The van der Waals surface area contributed by atoms with E-state index in [1.165, 1.54) is 4.88 Å². The minimum absolute atomic E-state index is 0.280. The predicted octanol–water partition coefficient (Wildman–Crippen LogP) is 2.73. The average Bonchev–Trinajstić information content (AvgIpc) is 3.48. The van der Waals surface area contributed by atoms with Gasteiger partial charge in [-0.15, -0.1) is 21.5 Å². The zero-order valence-corrected chi connectivity index (χ0v) is 18.3. The summed E-state index contributed by atoms with van der Waals surface area (Å²) in [6.07, 6.45) is 0.956. The van der Waals surface area contributed by atoms with Crippen LogP contribution in [0.25, 0.3) is 0 Å². The van der Waals surface area contributed by atoms with Gasteiger partial charge in [0.1, 0.15) is 12.4 Å². The van der Waals surface area contributed by atoms with Gasteiger partial charge in [-0.2, -0.15) is 0 Å². The normalized spacial score (nSPS) is 13.0. The Morgan fingerprint density at radius 3 is 2.90 bits per heavy atom. The molecule has 2 aromatic heterocycles. The average molecular weight is 427 g/mol. The highest BCUT2D eigenvalue weighted by Gasteiger charge is 2.15. The number of thiophene rings is 1. The van der Waals surface area contributed by atoms with Crippen LogP contribution >= 0.6 is 11.3 Å². The Morgan fingerprint density at radius 2 is 2.13 bits per heavy atom. The van der Waals surface area contributed by atoms with Crippen LogP contribution in [0.15, 0.2) is 40.7 Å². The summed E-state index contributed by atoms with van der Waals surface area (Å²) in [6.45, 7) is 4.18. The van der Waals surface area contributed by atoms with Crippen molar-refractivity contribution in [1.29, 1.82) is 0 Å². The van der Waals surface area contributed by atoms with Crippen LogP contribution in [0.1, 0.15) is 22.1 Å². The van der Waals surface area contributed by atoms with Crippen molar-refractivity contribution in [3.05, 3.63) is 57.8 Å². The first-order chi connectivity index (χ1) is 14.6. The van der Waals surface area contributed by atoms with Crippen LogP contribution in [0.3, 0.4) is 0 Å². The number of hydrogen-bond donors (Lipinski definition) is 1. The number of guanidine groups is 1. The molecule has 0 saturated heterocycles. The van der Waals surface area contributed by atoms with Gasteiger partial charge in [0.15, 0.2) is 23.3 Å². The van der Waals surface area contributed by atoms with Crippen molar-refractivity contribution in [3.63, 3.8) is 0 Å². The van der Waals surface area contributed by atoms with Gasteiger partial charge in [0.25, 0.3) is 0 Å². The summed E-state index contributed by atoms with van der Waals surface area (Å²) in [5, 5.41) is 13.9. The zero-order valence-electron chi connectivity index (χ0n) is 17.5. The number of aryl methyl sites for hydroxylation is 1. The van der Waals surface area contributed by atoms with Crippen molar-refractivity contribution in [1.82, 2.24) is 25.0 Å². The van der Waals surface area contributed by atoms with Gasteiger partial charge in [0, 0.05) is 32.1 Å². The molecule has 1 aliphatic heterocycles. The van der Waals surface area contributed by atoms with E-state index < -0.39 is 0 Å². The quantitative estimate of drug-likeness (QED) is 0.462. The van der Waals surface area contributed by atoms with Crippen molar-refractivity contribution in [2.75, 3.05) is 20.4 Å². The summed E-state index contributed by atoms with van der Waals surface area (Å²) in [5.74, 6) is 4.12. The number of hydrogen-bond acceptors (Lipinski definition) is 6.